The predicted molar refractivity (Wildman–Crippen MR) is 470 cm³/mol. The molecule has 11 N–H and O–H groups in total. The molecule has 12 aromatic rings. The van der Waals surface area contributed by atoms with Gasteiger partial charge >= 0.3 is 51.3 Å². The Kier molecular flexibility index (Phi) is 38.6. The van der Waals surface area contributed by atoms with Gasteiger partial charge in [0, 0.05) is 145 Å². The molecule has 16 heteroatoms. The van der Waals surface area contributed by atoms with Crippen LogP contribution in [0.25, 0.3) is 66.8 Å². The summed E-state index contributed by atoms with van der Waals surface area (Å²) in [6.45, 7) is 2.46. The van der Waals surface area contributed by atoms with Gasteiger partial charge in [0.2, 0.25) is 0 Å². The molecule has 0 saturated heterocycles. The number of para-hydroxylation sites is 6. The second-order valence-corrected chi connectivity index (χ2v) is 28.4. The topological polar surface area (TPSA) is 214 Å². The van der Waals surface area contributed by atoms with Crippen LogP contribution in [-0.4, -0.2) is 99.9 Å². The van der Waals surface area contributed by atoms with E-state index in [-0.39, 0.29) is 99.6 Å². The number of phenolic OH excluding ortho intramolecular Hbond substituents is 6. The molecule has 0 unspecified atom stereocenters. The van der Waals surface area contributed by atoms with Gasteiger partial charge in [-0.3, -0.25) is 9.98 Å². The summed E-state index contributed by atoms with van der Waals surface area (Å²) >= 11 is 0. The van der Waals surface area contributed by atoms with E-state index in [1.165, 1.54) is 25.7 Å². The first kappa shape index (κ1) is 92.5. The molecular formula is C99H110BN6NaO7Ti+2. The van der Waals surface area contributed by atoms with Crippen LogP contribution in [0.3, 0.4) is 0 Å². The fourth-order valence-electron chi connectivity index (χ4n) is 15.4. The van der Waals surface area contributed by atoms with Gasteiger partial charge in [-0.2, -0.15) is 0 Å². The van der Waals surface area contributed by atoms with Gasteiger partial charge in [0.1, 0.15) is 34.5 Å². The second-order valence-electron chi connectivity index (χ2n) is 28.4. The molecule has 15 rings (SSSR count). The number of rotatable bonds is 22. The molecular weight excluding hydrogens is 1470 g/mol. The summed E-state index contributed by atoms with van der Waals surface area (Å²) in [6.07, 6.45) is 16.8. The summed E-state index contributed by atoms with van der Waals surface area (Å²) in [7, 11) is 1.00. The molecule has 115 heavy (non-hydrogen) atoms. The minimum Gasteiger partial charge on any atom is -1.00 e. The number of benzene rings is 12. The number of aliphatic imine (C=N–C) groups is 2. The predicted octanol–water partition coefficient (Wildman–Crippen LogP) is 18.0. The van der Waals surface area contributed by atoms with Crippen molar-refractivity contribution in [1.82, 2.24) is 21.3 Å². The minimum absolute atomic E-state index is 0. The Balaban J connectivity index is 0.000000261. The molecule has 13 nitrogen and oxygen atoms in total. The van der Waals surface area contributed by atoms with Crippen LogP contribution in [0.2, 0.25) is 0 Å². The Morgan fingerprint density at radius 2 is 0.478 bits per heavy atom. The monoisotopic (exact) mass is 1580 g/mol. The van der Waals surface area contributed by atoms with Crippen molar-refractivity contribution in [2.75, 3.05) is 7.11 Å². The standard InChI is InChI=1S/2C32H34N2O2.C32H30N2O2.CH4O.CH4.CH3.B.Na.Ti.H/c3*35-31-25(15-9-17-27(31)23-11-3-1-4-12-23)21-33-29-19-7-8-20-30(29)34-22-26-16-10-18-28(32(26)36)24-13-5-2-6-14-24;1-2;;;;;;/h2*1-6,9-18,29-30,33-36H,7-8,19-22H2;1-6,9-18,21-22,29-30,35-36H,7-8,19-20H2;2H,1H3;1H4;1H3;;;;/q;;;;;-1;;+1;+3;-1/t3*29-,30-;;;;;;;/m111......./s1. The quantitative estimate of drug-likeness (QED) is 0.0174. The second kappa shape index (κ2) is 48.0. The summed E-state index contributed by atoms with van der Waals surface area (Å²) in [4.78, 5) is 9.74. The number of aliphatic hydroxyl groups is 1. The summed E-state index contributed by atoms with van der Waals surface area (Å²) in [5, 5.41) is 87.5. The molecule has 0 aliphatic heterocycles. The van der Waals surface area contributed by atoms with Crippen LogP contribution < -0.4 is 50.8 Å². The molecule has 0 heterocycles. The molecule has 4 radical (unpaired) electrons. The Morgan fingerprint density at radius 3 is 0.696 bits per heavy atom. The molecule has 3 saturated carbocycles. The van der Waals surface area contributed by atoms with E-state index < -0.39 is 0 Å². The van der Waals surface area contributed by atoms with Crippen LogP contribution in [0.4, 0.5) is 0 Å². The SMILES string of the molecule is C.CO.Oc1c(C=N[C@@H]2CCCC[C@H]2N=Cc2cccc(-c3ccccc3)c2O)cccc1-c1ccccc1.Oc1c(CN[C@@H]2CCCC[C@H]2NCc2cccc(-c3ccccc3)c2O)cccc1-c1ccccc1.Oc1c(CN[C@@H]2CCCC[C@H]2NCc2cccc(-c3ccccc3)c2O)cccc1-c1ccccc1.[B].[CH3-].[H-].[Na+].[Ti+3]. The van der Waals surface area contributed by atoms with Crippen LogP contribution in [0.15, 0.2) is 301 Å². The third kappa shape index (κ3) is 24.9. The molecule has 12 aromatic carbocycles. The first-order valence-corrected chi connectivity index (χ1v) is 38.8. The summed E-state index contributed by atoms with van der Waals surface area (Å²) in [6, 6.07) is 96.5. The zero-order valence-corrected chi connectivity index (χ0v) is 69.3. The van der Waals surface area contributed by atoms with Gasteiger partial charge in [-0.1, -0.05) is 325 Å². The van der Waals surface area contributed by atoms with E-state index in [9.17, 15) is 30.6 Å². The average Bonchev–Trinajstić information content (AvgIpc) is 0.832. The number of aromatic hydroxyl groups is 6. The Hall–Kier alpha value is -9.64. The minimum atomic E-state index is 0. The van der Waals surface area contributed by atoms with Gasteiger partial charge in [-0.05, 0) is 84.0 Å². The summed E-state index contributed by atoms with van der Waals surface area (Å²) < 4.78 is 0. The van der Waals surface area contributed by atoms with E-state index >= 15 is 0 Å². The first-order chi connectivity index (χ1) is 54.1. The molecule has 0 amide bonds. The van der Waals surface area contributed by atoms with E-state index in [2.05, 4.69) is 21.3 Å². The van der Waals surface area contributed by atoms with E-state index in [1.807, 2.05) is 291 Å². The zero-order valence-electron chi connectivity index (χ0n) is 66.7. The normalized spacial score (nSPS) is 16.8. The number of nitrogens with one attached hydrogen (secondary N) is 4. The Morgan fingerprint density at radius 1 is 0.287 bits per heavy atom. The van der Waals surface area contributed by atoms with Crippen molar-refractivity contribution in [2.24, 2.45) is 9.98 Å². The van der Waals surface area contributed by atoms with Crippen LogP contribution in [-0.2, 0) is 47.9 Å². The van der Waals surface area contributed by atoms with Crippen molar-refractivity contribution < 1.29 is 88.4 Å². The Labute approximate surface area is 722 Å². The van der Waals surface area contributed by atoms with Crippen molar-refractivity contribution in [2.45, 2.75) is 147 Å². The molecule has 3 aliphatic carbocycles. The van der Waals surface area contributed by atoms with Crippen molar-refractivity contribution >= 4 is 20.8 Å². The van der Waals surface area contributed by atoms with Crippen LogP contribution >= 0.6 is 0 Å². The van der Waals surface area contributed by atoms with Crippen molar-refractivity contribution in [3.8, 4) is 101 Å². The molecule has 6 atom stereocenters. The van der Waals surface area contributed by atoms with Gasteiger partial charge < -0.3 is 65.9 Å². The molecule has 0 spiro atoms. The summed E-state index contributed by atoms with van der Waals surface area (Å²) in [5.41, 5.74) is 16.1. The first-order valence-electron chi connectivity index (χ1n) is 38.8. The largest absolute Gasteiger partial charge is 3.00 e. The van der Waals surface area contributed by atoms with Crippen molar-refractivity contribution in [3.05, 3.63) is 332 Å². The number of hydrogen-bond acceptors (Lipinski definition) is 13. The van der Waals surface area contributed by atoms with Crippen LogP contribution in [0.1, 0.15) is 119 Å². The zero-order chi connectivity index (χ0) is 76.2. The van der Waals surface area contributed by atoms with E-state index in [1.54, 1.807) is 12.4 Å². The van der Waals surface area contributed by atoms with Gasteiger partial charge in [-0.25, -0.2) is 0 Å². The number of hydrogen-bond donors (Lipinski definition) is 11. The third-order valence-corrected chi connectivity index (χ3v) is 21.4. The third-order valence-electron chi connectivity index (χ3n) is 21.4. The van der Waals surface area contributed by atoms with Crippen molar-refractivity contribution in [3.63, 3.8) is 0 Å². The molecule has 3 aliphatic rings. The number of phenols is 6. The fourth-order valence-corrected chi connectivity index (χ4v) is 15.4. The average molecular weight is 1580 g/mol. The van der Waals surface area contributed by atoms with Crippen LogP contribution in [0.5, 0.6) is 34.5 Å². The van der Waals surface area contributed by atoms with Gasteiger partial charge in [0.25, 0.3) is 0 Å². The number of aliphatic hydroxyl groups excluding tert-OH is 1. The smallest absolute Gasteiger partial charge is 1.00 e. The molecule has 0 bridgehead atoms. The number of nitrogens with zero attached hydrogens (tertiary/aromatic N) is 2. The van der Waals surface area contributed by atoms with E-state index in [0.29, 0.717) is 84.5 Å². The van der Waals surface area contributed by atoms with Gasteiger partial charge in [-0.15, -0.1) is 0 Å². The van der Waals surface area contributed by atoms with Gasteiger partial charge in [0.15, 0.2) is 0 Å². The molecule has 0 aromatic heterocycles. The maximum absolute atomic E-state index is 11.0. The van der Waals surface area contributed by atoms with E-state index in [0.717, 1.165) is 147 Å². The van der Waals surface area contributed by atoms with Gasteiger partial charge in [0.05, 0.1) is 12.1 Å². The molecule has 3 fully saturated rings. The van der Waals surface area contributed by atoms with E-state index in [4.69, 9.17) is 15.1 Å². The fraction of sp³-hybridized carbons (Fsp3) is 0.242. The molecule has 584 valence electrons. The summed E-state index contributed by atoms with van der Waals surface area (Å²) in [5.74, 6) is 1.87. The maximum atomic E-state index is 11.0. The van der Waals surface area contributed by atoms with Crippen LogP contribution in [0, 0.1) is 7.43 Å². The Bertz CT molecular complexity index is 4420. The maximum Gasteiger partial charge on any atom is 3.00 e. The van der Waals surface area contributed by atoms with Crippen molar-refractivity contribution in [1.29, 1.82) is 0 Å².